The third-order valence-corrected chi connectivity index (χ3v) is 4.18. The topological polar surface area (TPSA) is 97.1 Å². The first kappa shape index (κ1) is 18.6. The molecule has 2 amide bonds. The Balaban J connectivity index is 1.46. The minimum absolute atomic E-state index is 0.0215. The highest BCUT2D eigenvalue weighted by Crippen LogP contribution is 2.18. The van der Waals surface area contributed by atoms with Gasteiger partial charge < -0.3 is 15.1 Å². The molecule has 0 saturated heterocycles. The molecule has 0 fully saturated rings. The van der Waals surface area contributed by atoms with Crippen LogP contribution in [-0.2, 0) is 11.3 Å². The molecule has 0 unspecified atom stereocenters. The van der Waals surface area contributed by atoms with Gasteiger partial charge in [0.15, 0.2) is 0 Å². The number of amides is 2. The first-order valence-electron chi connectivity index (χ1n) is 7.94. The predicted octanol–water partition coefficient (Wildman–Crippen LogP) is 2.87. The normalized spacial score (nSPS) is 10.4. The summed E-state index contributed by atoms with van der Waals surface area (Å²) >= 11 is 1.02. The molecule has 1 heterocycles. The van der Waals surface area contributed by atoms with Crippen molar-refractivity contribution in [3.63, 3.8) is 0 Å². The van der Waals surface area contributed by atoms with Crippen molar-refractivity contribution in [3.05, 3.63) is 71.9 Å². The third kappa shape index (κ3) is 5.38. The van der Waals surface area contributed by atoms with Gasteiger partial charge in [-0.05, 0) is 24.3 Å². The van der Waals surface area contributed by atoms with Crippen LogP contribution in [0.25, 0.3) is 0 Å². The molecule has 7 nitrogen and oxygen atoms in total. The monoisotopic (exact) mass is 386 g/mol. The van der Waals surface area contributed by atoms with E-state index in [1.165, 1.54) is 18.2 Å². The van der Waals surface area contributed by atoms with E-state index >= 15 is 0 Å². The lowest BCUT2D eigenvalue weighted by Crippen LogP contribution is -2.22. The van der Waals surface area contributed by atoms with E-state index in [2.05, 4.69) is 20.8 Å². The van der Waals surface area contributed by atoms with Crippen LogP contribution < -0.4 is 10.6 Å². The smallest absolute Gasteiger partial charge is 0.277 e. The first-order valence-corrected chi connectivity index (χ1v) is 8.93. The highest BCUT2D eigenvalue weighted by Gasteiger charge is 2.12. The number of thioether (sulfide) groups is 1. The van der Waals surface area contributed by atoms with Gasteiger partial charge in [0, 0.05) is 5.56 Å². The van der Waals surface area contributed by atoms with Gasteiger partial charge in [-0.2, -0.15) is 0 Å². The number of aromatic nitrogens is 2. The molecule has 0 bridgehead atoms. The molecule has 0 spiro atoms. The van der Waals surface area contributed by atoms with Crippen LogP contribution in [0.1, 0.15) is 16.2 Å². The second-order valence-corrected chi connectivity index (χ2v) is 6.25. The molecule has 0 aliphatic heterocycles. The van der Waals surface area contributed by atoms with Gasteiger partial charge in [-0.15, -0.1) is 10.2 Å². The van der Waals surface area contributed by atoms with Crippen LogP contribution in [0.15, 0.2) is 64.2 Å². The van der Waals surface area contributed by atoms with Crippen molar-refractivity contribution in [1.82, 2.24) is 15.5 Å². The van der Waals surface area contributed by atoms with Crippen LogP contribution in [0.3, 0.4) is 0 Å². The first-order chi connectivity index (χ1) is 13.1. The van der Waals surface area contributed by atoms with Crippen molar-refractivity contribution in [3.8, 4) is 0 Å². The van der Waals surface area contributed by atoms with Gasteiger partial charge in [0.2, 0.25) is 11.8 Å². The molecule has 2 aromatic carbocycles. The minimum atomic E-state index is -0.509. The van der Waals surface area contributed by atoms with Crippen molar-refractivity contribution >= 4 is 29.3 Å². The molecule has 0 aliphatic carbocycles. The van der Waals surface area contributed by atoms with E-state index in [1.54, 1.807) is 30.3 Å². The molecule has 0 atom stereocenters. The molecule has 3 rings (SSSR count). The number of rotatable bonds is 7. The summed E-state index contributed by atoms with van der Waals surface area (Å²) in [7, 11) is 0. The Bertz CT molecular complexity index is 933. The SMILES string of the molecule is O=C(CSc1nnc(CNC(=O)c2ccccc2)o1)Nc1ccccc1F. The molecule has 2 N–H and O–H groups in total. The molecule has 3 aromatic rings. The van der Waals surface area contributed by atoms with Crippen LogP contribution in [0.5, 0.6) is 0 Å². The molecule has 9 heteroatoms. The van der Waals surface area contributed by atoms with E-state index in [-0.39, 0.29) is 35.0 Å². The maximum absolute atomic E-state index is 13.5. The number of para-hydroxylation sites is 1. The summed E-state index contributed by atoms with van der Waals surface area (Å²) in [6.45, 7) is 0.0721. The van der Waals surface area contributed by atoms with Gasteiger partial charge in [0.1, 0.15) is 5.82 Å². The Morgan fingerprint density at radius 1 is 1.04 bits per heavy atom. The van der Waals surface area contributed by atoms with Gasteiger partial charge in [0.05, 0.1) is 18.0 Å². The fraction of sp³-hybridized carbons (Fsp3) is 0.111. The lowest BCUT2D eigenvalue weighted by molar-refractivity contribution is -0.113. The van der Waals surface area contributed by atoms with Gasteiger partial charge in [-0.25, -0.2) is 4.39 Å². The molecule has 0 aliphatic rings. The molecule has 0 saturated carbocycles. The molecular formula is C18H15FN4O3S. The minimum Gasteiger partial charge on any atom is -0.414 e. The number of halogens is 1. The summed E-state index contributed by atoms with van der Waals surface area (Å²) in [5.74, 6) is -0.970. The Kier molecular flexibility index (Phi) is 6.16. The highest BCUT2D eigenvalue weighted by molar-refractivity contribution is 7.99. The molecule has 27 heavy (non-hydrogen) atoms. The number of carbonyl (C=O) groups excluding carboxylic acids is 2. The summed E-state index contributed by atoms with van der Waals surface area (Å²) in [6.07, 6.45) is 0. The van der Waals surface area contributed by atoms with E-state index in [1.807, 2.05) is 6.07 Å². The zero-order chi connectivity index (χ0) is 19.1. The van der Waals surface area contributed by atoms with E-state index in [9.17, 15) is 14.0 Å². The van der Waals surface area contributed by atoms with Crippen LogP contribution in [0.2, 0.25) is 0 Å². The molecular weight excluding hydrogens is 371 g/mol. The van der Waals surface area contributed by atoms with Gasteiger partial charge in [-0.3, -0.25) is 9.59 Å². The van der Waals surface area contributed by atoms with Crippen LogP contribution in [0, 0.1) is 5.82 Å². The van der Waals surface area contributed by atoms with Crippen LogP contribution in [-0.4, -0.2) is 27.8 Å². The second-order valence-electron chi connectivity index (χ2n) is 5.33. The van der Waals surface area contributed by atoms with Crippen LogP contribution in [0.4, 0.5) is 10.1 Å². The molecule has 1 aromatic heterocycles. The zero-order valence-corrected chi connectivity index (χ0v) is 14.8. The van der Waals surface area contributed by atoms with Crippen LogP contribution >= 0.6 is 11.8 Å². The third-order valence-electron chi connectivity index (χ3n) is 3.36. The summed E-state index contributed by atoms with van der Waals surface area (Å²) in [4.78, 5) is 23.8. The lowest BCUT2D eigenvalue weighted by atomic mass is 10.2. The number of hydrogen-bond acceptors (Lipinski definition) is 6. The van der Waals surface area contributed by atoms with E-state index in [0.717, 1.165) is 11.8 Å². The van der Waals surface area contributed by atoms with E-state index in [4.69, 9.17) is 4.42 Å². The number of anilines is 1. The standard InChI is InChI=1S/C18H15FN4O3S/c19-13-8-4-5-9-14(13)21-15(24)11-27-18-23-22-16(26-18)10-20-17(25)12-6-2-1-3-7-12/h1-9H,10-11H2,(H,20,25)(H,21,24). The number of benzene rings is 2. The zero-order valence-electron chi connectivity index (χ0n) is 14.0. The fourth-order valence-corrected chi connectivity index (χ4v) is 2.67. The lowest BCUT2D eigenvalue weighted by Gasteiger charge is -2.04. The van der Waals surface area contributed by atoms with Crippen molar-refractivity contribution in [2.45, 2.75) is 11.8 Å². The number of carbonyl (C=O) groups is 2. The average molecular weight is 386 g/mol. The second kappa shape index (κ2) is 8.95. The van der Waals surface area contributed by atoms with Gasteiger partial charge in [-0.1, -0.05) is 42.1 Å². The fourth-order valence-electron chi connectivity index (χ4n) is 2.09. The van der Waals surface area contributed by atoms with Crippen molar-refractivity contribution in [1.29, 1.82) is 0 Å². The Morgan fingerprint density at radius 3 is 2.56 bits per heavy atom. The summed E-state index contributed by atoms with van der Waals surface area (Å²) in [5, 5.41) is 12.9. The highest BCUT2D eigenvalue weighted by atomic mass is 32.2. The maximum Gasteiger partial charge on any atom is 0.277 e. The maximum atomic E-state index is 13.5. The van der Waals surface area contributed by atoms with Gasteiger partial charge in [0.25, 0.3) is 11.1 Å². The molecule has 138 valence electrons. The van der Waals surface area contributed by atoms with Gasteiger partial charge >= 0.3 is 0 Å². The van der Waals surface area contributed by atoms with Crippen molar-refractivity contribution in [2.75, 3.05) is 11.1 Å². The Hall–Kier alpha value is -3.20. The predicted molar refractivity (Wildman–Crippen MR) is 97.7 cm³/mol. The van der Waals surface area contributed by atoms with Crippen molar-refractivity contribution < 1.29 is 18.4 Å². The summed E-state index contributed by atoms with van der Waals surface area (Å²) in [5.41, 5.74) is 0.634. The summed E-state index contributed by atoms with van der Waals surface area (Å²) < 4.78 is 18.9. The molecule has 0 radical (unpaired) electrons. The average Bonchev–Trinajstić information content (AvgIpc) is 3.15. The largest absolute Gasteiger partial charge is 0.414 e. The number of nitrogens with one attached hydrogen (secondary N) is 2. The van der Waals surface area contributed by atoms with Crippen molar-refractivity contribution in [2.24, 2.45) is 0 Å². The van der Waals surface area contributed by atoms with E-state index < -0.39 is 11.7 Å². The number of nitrogens with zero attached hydrogens (tertiary/aromatic N) is 2. The quantitative estimate of drug-likeness (QED) is 0.606. The Morgan fingerprint density at radius 2 is 1.78 bits per heavy atom. The summed E-state index contributed by atoms with van der Waals surface area (Å²) in [6, 6.07) is 14.6. The Labute approximate surface area is 158 Å². The number of hydrogen-bond donors (Lipinski definition) is 2. The van der Waals surface area contributed by atoms with E-state index in [0.29, 0.717) is 5.56 Å².